The number of pyridine rings is 1. The van der Waals surface area contributed by atoms with Gasteiger partial charge in [-0.2, -0.15) is 13.2 Å². The Morgan fingerprint density at radius 1 is 0.975 bits per heavy atom. The molecular weight excluding hydrogens is 544 g/mol. The molecule has 4 rings (SSSR count). The van der Waals surface area contributed by atoms with E-state index < -0.39 is 42.0 Å². The van der Waals surface area contributed by atoms with Gasteiger partial charge < -0.3 is 19.3 Å². The molecule has 1 saturated carbocycles. The highest BCUT2D eigenvalue weighted by atomic mass is 19.4. The average Bonchev–Trinajstić information content (AvgIpc) is 3.68. The lowest BCUT2D eigenvalue weighted by Crippen LogP contribution is -2.38. The lowest BCUT2D eigenvalue weighted by atomic mass is 9.99. The summed E-state index contributed by atoms with van der Waals surface area (Å²) in [6.45, 7) is 3.86. The third-order valence-electron chi connectivity index (χ3n) is 6.30. The molecule has 0 atom stereocenters. The van der Waals surface area contributed by atoms with Crippen molar-refractivity contribution in [2.75, 3.05) is 0 Å². The van der Waals surface area contributed by atoms with E-state index in [4.69, 9.17) is 9.47 Å². The average molecular weight is 569 g/mol. The second-order valence-electron chi connectivity index (χ2n) is 9.85. The molecule has 40 heavy (non-hydrogen) atoms. The first kappa shape index (κ1) is 29.0. The number of aromatic nitrogens is 1. The van der Waals surface area contributed by atoms with Gasteiger partial charge in [0.1, 0.15) is 23.9 Å². The van der Waals surface area contributed by atoms with Gasteiger partial charge in [-0.15, -0.1) is 13.2 Å². The summed E-state index contributed by atoms with van der Waals surface area (Å²) in [5, 5.41) is 9.35. The van der Waals surface area contributed by atoms with Crippen LogP contribution in [0.2, 0.25) is 0 Å². The van der Waals surface area contributed by atoms with E-state index >= 15 is 0 Å². The summed E-state index contributed by atoms with van der Waals surface area (Å²) in [6.07, 6.45) is -8.41. The van der Waals surface area contributed by atoms with Crippen molar-refractivity contribution in [3.8, 4) is 28.5 Å². The molecule has 1 aliphatic rings. The molecule has 0 spiro atoms. The zero-order chi connectivity index (χ0) is 29.5. The molecule has 1 aliphatic carbocycles. The molecule has 0 saturated heterocycles. The minimum absolute atomic E-state index is 0.0426. The Morgan fingerprint density at radius 3 is 2.15 bits per heavy atom. The number of hydrogen-bond acceptors (Lipinski definition) is 5. The molecule has 3 aromatic rings. The van der Waals surface area contributed by atoms with Crippen molar-refractivity contribution in [3.63, 3.8) is 0 Å². The Bertz CT molecular complexity index is 1400. The zero-order valence-electron chi connectivity index (χ0n) is 21.6. The van der Waals surface area contributed by atoms with E-state index in [0.717, 1.165) is 18.2 Å². The number of benzene rings is 2. The van der Waals surface area contributed by atoms with Gasteiger partial charge in [-0.1, -0.05) is 6.07 Å². The third kappa shape index (κ3) is 6.78. The van der Waals surface area contributed by atoms with Crippen LogP contribution in [0.4, 0.5) is 26.3 Å². The maximum Gasteiger partial charge on any atom is 0.573 e. The fraction of sp³-hybridized carbons (Fsp3) is 0.357. The zero-order valence-corrected chi connectivity index (χ0v) is 21.6. The number of carboxylic acids is 1. The van der Waals surface area contributed by atoms with Crippen LogP contribution in [-0.4, -0.2) is 28.0 Å². The van der Waals surface area contributed by atoms with Gasteiger partial charge in [-0.05, 0) is 76.1 Å². The van der Waals surface area contributed by atoms with Crippen LogP contribution < -0.4 is 14.2 Å². The van der Waals surface area contributed by atoms with E-state index in [2.05, 4.69) is 9.72 Å². The van der Waals surface area contributed by atoms with E-state index in [9.17, 15) is 36.2 Å². The van der Waals surface area contributed by atoms with E-state index in [1.165, 1.54) is 44.2 Å². The molecular formula is C28H25F6NO5. The second-order valence-corrected chi connectivity index (χ2v) is 9.85. The molecule has 1 aromatic heterocycles. The summed E-state index contributed by atoms with van der Waals surface area (Å²) < 4.78 is 95.6. The summed E-state index contributed by atoms with van der Waals surface area (Å²) in [4.78, 5) is 15.9. The van der Waals surface area contributed by atoms with Crippen LogP contribution >= 0.6 is 0 Å². The topological polar surface area (TPSA) is 77.9 Å². The van der Waals surface area contributed by atoms with E-state index in [-0.39, 0.29) is 39.9 Å². The minimum atomic E-state index is -4.90. The molecule has 0 aliphatic heterocycles. The lowest BCUT2D eigenvalue weighted by molar-refractivity contribution is -0.274. The standard InChI is InChI=1S/C28H25F6NO5/c1-15-22(5-4-6-23(15)40-26(2,3)25(36)37)38-14-19-20(27(29,30)31)13-21(35-24(19)17-7-8-17)16-9-11-18(12-10-16)39-28(32,33)34/h4-6,9-13,17H,7-8,14H2,1-3H3,(H,36,37). The van der Waals surface area contributed by atoms with Crippen molar-refractivity contribution in [1.82, 2.24) is 4.98 Å². The molecule has 214 valence electrons. The van der Waals surface area contributed by atoms with Gasteiger partial charge in [0, 0.05) is 22.6 Å². The van der Waals surface area contributed by atoms with Crippen LogP contribution in [0.1, 0.15) is 55.0 Å². The Kier molecular flexibility index (Phi) is 7.66. The summed E-state index contributed by atoms with van der Waals surface area (Å²) in [5.74, 6) is -1.52. The van der Waals surface area contributed by atoms with Gasteiger partial charge in [0.2, 0.25) is 0 Å². The van der Waals surface area contributed by atoms with E-state index in [1.807, 2.05) is 0 Å². The molecule has 1 N–H and O–H groups in total. The van der Waals surface area contributed by atoms with Crippen molar-refractivity contribution >= 4 is 5.97 Å². The van der Waals surface area contributed by atoms with Gasteiger partial charge in [0.25, 0.3) is 0 Å². The van der Waals surface area contributed by atoms with Gasteiger partial charge >= 0.3 is 18.5 Å². The first-order chi connectivity index (χ1) is 18.5. The minimum Gasteiger partial charge on any atom is -0.488 e. The summed E-state index contributed by atoms with van der Waals surface area (Å²) in [7, 11) is 0. The van der Waals surface area contributed by atoms with Gasteiger partial charge in [-0.25, -0.2) is 4.79 Å². The highest BCUT2D eigenvalue weighted by Crippen LogP contribution is 2.46. The maximum absolute atomic E-state index is 14.3. The van der Waals surface area contributed by atoms with E-state index in [1.54, 1.807) is 6.92 Å². The Balaban J connectivity index is 1.68. The Morgan fingerprint density at radius 2 is 1.60 bits per heavy atom. The number of carboxylic acid groups (broad SMARTS) is 1. The molecule has 0 amide bonds. The number of ether oxygens (including phenoxy) is 3. The second kappa shape index (κ2) is 10.5. The largest absolute Gasteiger partial charge is 0.573 e. The lowest BCUT2D eigenvalue weighted by Gasteiger charge is -2.24. The van der Waals surface area contributed by atoms with Crippen molar-refractivity contribution in [3.05, 3.63) is 70.9 Å². The van der Waals surface area contributed by atoms with Gasteiger partial charge in [0.15, 0.2) is 5.60 Å². The fourth-order valence-corrected chi connectivity index (χ4v) is 4.00. The molecule has 12 heteroatoms. The Hall–Kier alpha value is -3.96. The summed E-state index contributed by atoms with van der Waals surface area (Å²) in [6, 6.07) is 9.90. The molecule has 0 radical (unpaired) electrons. The maximum atomic E-state index is 14.3. The number of carbonyl (C=O) groups is 1. The highest BCUT2D eigenvalue weighted by molar-refractivity contribution is 5.77. The predicted octanol–water partition coefficient (Wildman–Crippen LogP) is 7.67. The number of alkyl halides is 6. The first-order valence-corrected chi connectivity index (χ1v) is 12.2. The SMILES string of the molecule is Cc1c(OCc2c(C(F)(F)F)cc(-c3ccc(OC(F)(F)F)cc3)nc2C2CC2)cccc1OC(C)(C)C(=O)O. The monoisotopic (exact) mass is 569 g/mol. The number of rotatable bonds is 9. The van der Waals surface area contributed by atoms with Gasteiger partial charge in [0.05, 0.1) is 17.0 Å². The third-order valence-corrected chi connectivity index (χ3v) is 6.30. The number of aliphatic carboxylic acids is 1. The number of hydrogen-bond donors (Lipinski definition) is 1. The Labute approximate surface area is 225 Å². The molecule has 0 bridgehead atoms. The van der Waals surface area contributed by atoms with Crippen molar-refractivity contribution in [2.24, 2.45) is 0 Å². The van der Waals surface area contributed by atoms with Crippen LogP contribution in [0, 0.1) is 6.92 Å². The highest BCUT2D eigenvalue weighted by Gasteiger charge is 2.39. The summed E-state index contributed by atoms with van der Waals surface area (Å²) >= 11 is 0. The van der Waals surface area contributed by atoms with Crippen LogP contribution in [0.5, 0.6) is 17.2 Å². The first-order valence-electron chi connectivity index (χ1n) is 12.2. The van der Waals surface area contributed by atoms with Crippen molar-refractivity contribution in [1.29, 1.82) is 0 Å². The quantitative estimate of drug-likeness (QED) is 0.267. The fourth-order valence-electron chi connectivity index (χ4n) is 4.00. The number of nitrogens with zero attached hydrogens (tertiary/aromatic N) is 1. The molecule has 2 aromatic carbocycles. The van der Waals surface area contributed by atoms with Crippen LogP contribution in [0.25, 0.3) is 11.3 Å². The van der Waals surface area contributed by atoms with Crippen molar-refractivity contribution < 1.29 is 50.5 Å². The van der Waals surface area contributed by atoms with E-state index in [0.29, 0.717) is 18.4 Å². The normalized spacial score (nSPS) is 14.1. The van der Waals surface area contributed by atoms with Gasteiger partial charge in [-0.3, -0.25) is 4.98 Å². The smallest absolute Gasteiger partial charge is 0.488 e. The van der Waals surface area contributed by atoms with Crippen LogP contribution in [0.3, 0.4) is 0 Å². The predicted molar refractivity (Wildman–Crippen MR) is 131 cm³/mol. The molecule has 1 fully saturated rings. The molecule has 6 nitrogen and oxygen atoms in total. The van der Waals surface area contributed by atoms with Crippen LogP contribution in [0.15, 0.2) is 48.5 Å². The number of halogens is 6. The summed E-state index contributed by atoms with van der Waals surface area (Å²) in [5.41, 5.74) is -1.90. The molecule has 1 heterocycles. The van der Waals surface area contributed by atoms with Crippen LogP contribution in [-0.2, 0) is 17.6 Å². The van der Waals surface area contributed by atoms with Crippen molar-refractivity contribution in [2.45, 2.75) is 64.3 Å². The molecule has 0 unspecified atom stereocenters.